The quantitative estimate of drug-likeness (QED) is 0.461. The maximum atomic E-state index is 10.5. The second-order valence-corrected chi connectivity index (χ2v) is 2.64. The first-order valence-electron chi connectivity index (χ1n) is 4.37. The van der Waals surface area contributed by atoms with E-state index < -0.39 is 0 Å². The van der Waals surface area contributed by atoms with Crippen molar-refractivity contribution in [2.45, 2.75) is 39.5 Å². The van der Waals surface area contributed by atoms with Crippen LogP contribution in [0, 0.1) is 11.8 Å². The van der Waals surface area contributed by atoms with Gasteiger partial charge in [0.1, 0.15) is 5.78 Å². The van der Waals surface area contributed by atoms with Gasteiger partial charge >= 0.3 is 0 Å². The summed E-state index contributed by atoms with van der Waals surface area (Å²) in [5, 5.41) is 0. The molecule has 66 valence electrons. The summed E-state index contributed by atoms with van der Waals surface area (Å²) in [6.45, 7) is 3.69. The standard InChI is InChI=1S/C11H16O/c1-3-4-5-6-7-8-9-10-11(2)12/h4-5H,3,6,9-10H2,1-2H3. The van der Waals surface area contributed by atoms with Gasteiger partial charge in [0.25, 0.3) is 0 Å². The molecule has 1 heteroatoms. The summed E-state index contributed by atoms with van der Waals surface area (Å²) >= 11 is 0. The second kappa shape index (κ2) is 8.07. The predicted molar refractivity (Wildman–Crippen MR) is 51.7 cm³/mol. The Labute approximate surface area is 74.9 Å². The van der Waals surface area contributed by atoms with Gasteiger partial charge in [-0.15, -0.1) is 5.92 Å². The van der Waals surface area contributed by atoms with Gasteiger partial charge in [-0.3, -0.25) is 4.79 Å². The Morgan fingerprint density at radius 3 is 2.67 bits per heavy atom. The van der Waals surface area contributed by atoms with Crippen LogP contribution in [-0.2, 0) is 4.79 Å². The van der Waals surface area contributed by atoms with Gasteiger partial charge in [-0.1, -0.05) is 25.0 Å². The SMILES string of the molecule is CCC=CCC#CCCC(C)=O. The topological polar surface area (TPSA) is 17.1 Å². The summed E-state index contributed by atoms with van der Waals surface area (Å²) in [5.74, 6) is 6.16. The summed E-state index contributed by atoms with van der Waals surface area (Å²) in [6, 6.07) is 0. The molecule has 0 fully saturated rings. The van der Waals surface area contributed by atoms with Crippen molar-refractivity contribution < 1.29 is 4.79 Å². The summed E-state index contributed by atoms with van der Waals surface area (Å²) in [5.41, 5.74) is 0. The number of carbonyl (C=O) groups excluding carboxylic acids is 1. The fourth-order valence-electron chi connectivity index (χ4n) is 0.708. The lowest BCUT2D eigenvalue weighted by atomic mass is 10.2. The van der Waals surface area contributed by atoms with E-state index in [2.05, 4.69) is 30.9 Å². The Kier molecular flexibility index (Phi) is 7.38. The highest BCUT2D eigenvalue weighted by Crippen LogP contribution is 1.88. The lowest BCUT2D eigenvalue weighted by molar-refractivity contribution is -0.116. The summed E-state index contributed by atoms with van der Waals surface area (Å²) in [7, 11) is 0. The van der Waals surface area contributed by atoms with Crippen LogP contribution in [0.1, 0.15) is 39.5 Å². The molecule has 0 saturated heterocycles. The Balaban J connectivity index is 3.35. The normalized spacial score (nSPS) is 9.50. The first-order chi connectivity index (χ1) is 5.77. The van der Waals surface area contributed by atoms with Crippen LogP contribution in [0.5, 0.6) is 0 Å². The average molecular weight is 164 g/mol. The predicted octanol–water partition coefficient (Wildman–Crippen LogP) is 2.72. The molecule has 0 aliphatic rings. The fourth-order valence-corrected chi connectivity index (χ4v) is 0.708. The third-order valence-electron chi connectivity index (χ3n) is 1.35. The monoisotopic (exact) mass is 164 g/mol. The van der Waals surface area contributed by atoms with Crippen LogP contribution in [0.15, 0.2) is 12.2 Å². The summed E-state index contributed by atoms with van der Waals surface area (Å²) in [6.07, 6.45) is 7.32. The number of hydrogen-bond donors (Lipinski definition) is 0. The molecule has 0 N–H and O–H groups in total. The van der Waals surface area contributed by atoms with Crippen molar-refractivity contribution in [3.8, 4) is 11.8 Å². The number of allylic oxidation sites excluding steroid dienone is 2. The van der Waals surface area contributed by atoms with E-state index in [-0.39, 0.29) is 5.78 Å². The minimum atomic E-state index is 0.216. The van der Waals surface area contributed by atoms with Crippen molar-refractivity contribution >= 4 is 5.78 Å². The van der Waals surface area contributed by atoms with Crippen LogP contribution in [-0.4, -0.2) is 5.78 Å². The molecule has 0 heterocycles. The van der Waals surface area contributed by atoms with Crippen LogP contribution in [0.25, 0.3) is 0 Å². The molecular weight excluding hydrogens is 148 g/mol. The lowest BCUT2D eigenvalue weighted by Crippen LogP contribution is -1.86. The highest BCUT2D eigenvalue weighted by atomic mass is 16.1. The molecule has 0 rings (SSSR count). The maximum Gasteiger partial charge on any atom is 0.130 e. The van der Waals surface area contributed by atoms with E-state index in [1.54, 1.807) is 6.92 Å². The van der Waals surface area contributed by atoms with E-state index in [4.69, 9.17) is 0 Å². The van der Waals surface area contributed by atoms with Crippen molar-refractivity contribution in [2.75, 3.05) is 0 Å². The van der Waals surface area contributed by atoms with Gasteiger partial charge in [0.2, 0.25) is 0 Å². The molecule has 1 nitrogen and oxygen atoms in total. The van der Waals surface area contributed by atoms with Crippen molar-refractivity contribution in [2.24, 2.45) is 0 Å². The molecule has 0 aliphatic carbocycles. The number of Topliss-reactive ketones (excluding diaryl/α,β-unsaturated/α-hetero) is 1. The van der Waals surface area contributed by atoms with Crippen molar-refractivity contribution in [3.05, 3.63) is 12.2 Å². The van der Waals surface area contributed by atoms with Crippen LogP contribution < -0.4 is 0 Å². The minimum absolute atomic E-state index is 0.216. The molecule has 0 bridgehead atoms. The first kappa shape index (κ1) is 11.0. The van der Waals surface area contributed by atoms with Crippen LogP contribution in [0.4, 0.5) is 0 Å². The third kappa shape index (κ3) is 8.97. The molecule has 0 aliphatic heterocycles. The molecule has 0 aromatic carbocycles. The summed E-state index contributed by atoms with van der Waals surface area (Å²) in [4.78, 5) is 10.5. The Morgan fingerprint density at radius 2 is 2.08 bits per heavy atom. The van der Waals surface area contributed by atoms with Gasteiger partial charge in [0, 0.05) is 19.3 Å². The molecule has 0 spiro atoms. The second-order valence-electron chi connectivity index (χ2n) is 2.64. The first-order valence-corrected chi connectivity index (χ1v) is 4.37. The molecule has 0 saturated carbocycles. The van der Waals surface area contributed by atoms with Crippen LogP contribution >= 0.6 is 0 Å². The molecule has 12 heavy (non-hydrogen) atoms. The van der Waals surface area contributed by atoms with Crippen molar-refractivity contribution in [3.63, 3.8) is 0 Å². The minimum Gasteiger partial charge on any atom is -0.300 e. The smallest absolute Gasteiger partial charge is 0.130 e. The number of hydrogen-bond acceptors (Lipinski definition) is 1. The molecule has 0 atom stereocenters. The zero-order valence-electron chi connectivity index (χ0n) is 7.89. The molecule has 0 amide bonds. The Bertz CT molecular complexity index is 203. The number of rotatable bonds is 4. The van der Waals surface area contributed by atoms with Gasteiger partial charge in [-0.05, 0) is 13.3 Å². The Morgan fingerprint density at radius 1 is 1.33 bits per heavy atom. The van der Waals surface area contributed by atoms with E-state index in [1.807, 2.05) is 0 Å². The van der Waals surface area contributed by atoms with Crippen molar-refractivity contribution in [1.82, 2.24) is 0 Å². The van der Waals surface area contributed by atoms with E-state index in [1.165, 1.54) is 0 Å². The fraction of sp³-hybridized carbons (Fsp3) is 0.545. The van der Waals surface area contributed by atoms with Gasteiger partial charge in [-0.25, -0.2) is 0 Å². The molecular formula is C11H16O. The number of ketones is 1. The molecule has 0 aromatic rings. The van der Waals surface area contributed by atoms with Gasteiger partial charge < -0.3 is 0 Å². The summed E-state index contributed by atoms with van der Waals surface area (Å²) < 4.78 is 0. The van der Waals surface area contributed by atoms with E-state index >= 15 is 0 Å². The van der Waals surface area contributed by atoms with E-state index in [0.29, 0.717) is 12.8 Å². The van der Waals surface area contributed by atoms with Gasteiger partial charge in [0.05, 0.1) is 0 Å². The molecule has 0 unspecified atom stereocenters. The highest BCUT2D eigenvalue weighted by molar-refractivity contribution is 5.75. The molecule has 0 aromatic heterocycles. The number of carbonyl (C=O) groups is 1. The largest absolute Gasteiger partial charge is 0.300 e. The zero-order chi connectivity index (χ0) is 9.23. The Hall–Kier alpha value is -1.03. The van der Waals surface area contributed by atoms with E-state index in [0.717, 1.165) is 12.8 Å². The molecule has 0 radical (unpaired) electrons. The highest BCUT2D eigenvalue weighted by Gasteiger charge is 1.86. The van der Waals surface area contributed by atoms with E-state index in [9.17, 15) is 4.79 Å². The van der Waals surface area contributed by atoms with Crippen LogP contribution in [0.3, 0.4) is 0 Å². The zero-order valence-corrected chi connectivity index (χ0v) is 7.89. The maximum absolute atomic E-state index is 10.5. The van der Waals surface area contributed by atoms with Crippen LogP contribution in [0.2, 0.25) is 0 Å². The van der Waals surface area contributed by atoms with Crippen molar-refractivity contribution in [1.29, 1.82) is 0 Å². The third-order valence-corrected chi connectivity index (χ3v) is 1.35. The lowest BCUT2D eigenvalue weighted by Gasteiger charge is -1.83. The average Bonchev–Trinajstić information content (AvgIpc) is 2.02. The van der Waals surface area contributed by atoms with Gasteiger partial charge in [-0.2, -0.15) is 0 Å². The van der Waals surface area contributed by atoms with Gasteiger partial charge in [0.15, 0.2) is 0 Å².